The summed E-state index contributed by atoms with van der Waals surface area (Å²) in [4.78, 5) is 168. The van der Waals surface area contributed by atoms with Crippen molar-refractivity contribution in [2.45, 2.75) is 223 Å². The Kier molecular flexibility index (Phi) is 30.1. The zero-order chi connectivity index (χ0) is 62.8. The van der Waals surface area contributed by atoms with Crippen LogP contribution in [0.4, 0.5) is 0 Å². The predicted octanol–water partition coefficient (Wildman–Crippen LogP) is 3.50. The van der Waals surface area contributed by atoms with Crippen LogP contribution < -0.4 is 21.3 Å². The van der Waals surface area contributed by atoms with Crippen molar-refractivity contribution < 1.29 is 52.7 Å². The Morgan fingerprint density at radius 3 is 1.21 bits per heavy atom. The first-order valence-electron chi connectivity index (χ1n) is 29.4. The van der Waals surface area contributed by atoms with Crippen molar-refractivity contribution in [3.05, 3.63) is 0 Å². The van der Waals surface area contributed by atoms with E-state index in [9.17, 15) is 52.7 Å². The van der Waals surface area contributed by atoms with Gasteiger partial charge in [0.05, 0.1) is 6.54 Å². The van der Waals surface area contributed by atoms with Gasteiger partial charge < -0.3 is 55.6 Å². The third kappa shape index (κ3) is 20.8. The average molecular weight is 1150 g/mol. The van der Waals surface area contributed by atoms with Crippen LogP contribution in [0.2, 0.25) is 0 Å². The van der Waals surface area contributed by atoms with Gasteiger partial charge in [-0.15, -0.1) is 0 Å². The number of hydrogen-bond donors (Lipinski definition) is 4. The van der Waals surface area contributed by atoms with Gasteiger partial charge in [-0.25, -0.2) is 0 Å². The molecule has 464 valence electrons. The largest absolute Gasteiger partial charge is 0.343 e. The lowest BCUT2D eigenvalue weighted by atomic mass is 9.95. The summed E-state index contributed by atoms with van der Waals surface area (Å²) in [6, 6.07) is -11.3. The lowest BCUT2D eigenvalue weighted by molar-refractivity contribution is -0.156. The van der Waals surface area contributed by atoms with Crippen molar-refractivity contribution >= 4 is 65.0 Å². The lowest BCUT2D eigenvalue weighted by Gasteiger charge is -2.40. The Morgan fingerprint density at radius 2 is 0.765 bits per heavy atom. The van der Waals surface area contributed by atoms with Gasteiger partial charge in [-0.3, -0.25) is 52.7 Å². The quantitative estimate of drug-likeness (QED) is 0.196. The van der Waals surface area contributed by atoms with E-state index in [2.05, 4.69) is 21.3 Å². The van der Waals surface area contributed by atoms with Crippen LogP contribution in [0.3, 0.4) is 0 Å². The van der Waals surface area contributed by atoms with Gasteiger partial charge >= 0.3 is 0 Å². The summed E-state index contributed by atoms with van der Waals surface area (Å²) in [6.45, 7) is 28.2. The number of amides is 11. The van der Waals surface area contributed by atoms with Gasteiger partial charge in [0, 0.05) is 49.3 Å². The molecule has 81 heavy (non-hydrogen) atoms. The normalized spacial score (nSPS) is 26.7. The number of carbonyl (C=O) groups excluding carboxylic acids is 11. The molecule has 0 aliphatic carbocycles. The molecular formula is C59H107N11O11. The highest BCUT2D eigenvalue weighted by Gasteiger charge is 2.44. The van der Waals surface area contributed by atoms with Crippen molar-refractivity contribution in [3.8, 4) is 0 Å². The van der Waals surface area contributed by atoms with E-state index in [0.717, 1.165) is 0 Å². The summed E-state index contributed by atoms with van der Waals surface area (Å²) in [7, 11) is 10.2. The summed E-state index contributed by atoms with van der Waals surface area (Å²) in [5, 5.41) is 11.1. The molecule has 11 amide bonds. The Balaban J connectivity index is 4.20. The number of hydrogen-bond acceptors (Lipinski definition) is 11. The molecule has 0 radical (unpaired) electrons. The van der Waals surface area contributed by atoms with E-state index in [0.29, 0.717) is 12.8 Å². The maximum absolute atomic E-state index is 15.0. The van der Waals surface area contributed by atoms with Crippen LogP contribution in [0.5, 0.6) is 0 Å². The lowest BCUT2D eigenvalue weighted by Crippen LogP contribution is -2.61. The SMILES string of the molecule is CCC[C@@H]1NC(=O)[C@@H](CCC)N(C)C(=O)[C@H](C(C)C)N(C)C(=O)[C@H](CC(C)C)N(C)C(=O)[C@H](CC(C)C)N(C)C(=O)[C@@H](C)NC(=O)[C@H](C)NC(=O)[C@@H](CC(C)C)N(C)C(=O)[C@H](C(C)C)NC(=O)[C@H](CC(C)C)N(C)C(=O)CN(C)C1=O. The molecule has 0 aromatic carbocycles. The smallest absolute Gasteiger partial charge is 0.246 e. The number of rotatable bonds is 14. The van der Waals surface area contributed by atoms with Gasteiger partial charge in [0.1, 0.15) is 60.4 Å². The van der Waals surface area contributed by atoms with E-state index in [1.165, 1.54) is 97.5 Å². The Labute approximate surface area is 485 Å². The van der Waals surface area contributed by atoms with Gasteiger partial charge in [-0.1, -0.05) is 110 Å². The summed E-state index contributed by atoms with van der Waals surface area (Å²) in [5.41, 5.74) is 0. The number of likely N-dealkylation sites (N-methyl/N-ethyl adjacent to an activating group) is 7. The number of nitrogens with one attached hydrogen (secondary N) is 4. The first-order chi connectivity index (χ1) is 37.4. The van der Waals surface area contributed by atoms with E-state index in [1.807, 2.05) is 69.2 Å². The fraction of sp³-hybridized carbons (Fsp3) is 0.814. The van der Waals surface area contributed by atoms with Gasteiger partial charge in [-0.05, 0) is 87.9 Å². The van der Waals surface area contributed by atoms with E-state index in [-0.39, 0.29) is 62.2 Å². The minimum Gasteiger partial charge on any atom is -0.343 e. The zero-order valence-corrected chi connectivity index (χ0v) is 53.7. The molecule has 0 spiro atoms. The van der Waals surface area contributed by atoms with Crippen LogP contribution in [0.25, 0.3) is 0 Å². The first-order valence-corrected chi connectivity index (χ1v) is 29.4. The van der Waals surface area contributed by atoms with Gasteiger partial charge in [-0.2, -0.15) is 0 Å². The zero-order valence-electron chi connectivity index (χ0n) is 53.7. The Hall–Kier alpha value is -5.83. The highest BCUT2D eigenvalue weighted by Crippen LogP contribution is 2.24. The molecular weight excluding hydrogens is 1040 g/mol. The molecule has 0 aromatic rings. The molecule has 0 bridgehead atoms. The first kappa shape index (κ1) is 73.2. The fourth-order valence-corrected chi connectivity index (χ4v) is 10.3. The molecule has 1 rings (SSSR count). The van der Waals surface area contributed by atoms with Gasteiger partial charge in [0.15, 0.2) is 0 Å². The van der Waals surface area contributed by atoms with E-state index >= 15 is 0 Å². The van der Waals surface area contributed by atoms with Crippen molar-refractivity contribution in [3.63, 3.8) is 0 Å². The minimum absolute atomic E-state index is 0.107. The molecule has 1 fully saturated rings. The van der Waals surface area contributed by atoms with Crippen LogP contribution in [0, 0.1) is 35.5 Å². The van der Waals surface area contributed by atoms with E-state index in [4.69, 9.17) is 0 Å². The summed E-state index contributed by atoms with van der Waals surface area (Å²) in [5.74, 6) is -8.04. The molecule has 1 heterocycles. The third-order valence-electron chi connectivity index (χ3n) is 15.2. The van der Waals surface area contributed by atoms with Crippen molar-refractivity contribution in [2.24, 2.45) is 35.5 Å². The minimum atomic E-state index is -1.21. The van der Waals surface area contributed by atoms with Crippen molar-refractivity contribution in [2.75, 3.05) is 55.9 Å². The fourth-order valence-electron chi connectivity index (χ4n) is 10.3. The monoisotopic (exact) mass is 1150 g/mol. The topological polar surface area (TPSA) is 259 Å². The molecule has 1 saturated heterocycles. The molecule has 0 unspecified atom stereocenters. The maximum atomic E-state index is 15.0. The highest BCUT2D eigenvalue weighted by atomic mass is 16.2. The second-order valence-corrected chi connectivity index (χ2v) is 25.1. The second kappa shape index (κ2) is 33.3. The molecule has 22 heteroatoms. The second-order valence-electron chi connectivity index (χ2n) is 25.1. The summed E-state index contributed by atoms with van der Waals surface area (Å²) in [6.07, 6.45) is 2.07. The average Bonchev–Trinajstić information content (AvgIpc) is 3.37. The summed E-state index contributed by atoms with van der Waals surface area (Å²) < 4.78 is 0. The van der Waals surface area contributed by atoms with Crippen LogP contribution in [-0.4, -0.2) is 216 Å². The van der Waals surface area contributed by atoms with Crippen LogP contribution >= 0.6 is 0 Å². The van der Waals surface area contributed by atoms with Crippen LogP contribution in [-0.2, 0) is 52.7 Å². The van der Waals surface area contributed by atoms with Crippen molar-refractivity contribution in [1.29, 1.82) is 0 Å². The highest BCUT2D eigenvalue weighted by molar-refractivity contribution is 5.99. The number of nitrogens with zero attached hydrogens (tertiary/aromatic N) is 7. The molecule has 10 atom stereocenters. The standard InChI is InChI=1S/C59H107N11O11/c1-24-26-41-55(77)64(17)32-47(71)65(18)43(28-33(3)4)53(75)63-48(37(11)12)58(80)67(20)44(29-34(5)6)52(74)60-39(15)50(72)61-40(16)54(76)68(21)45(30-35(7)8)56(78)69(22)46(31-36(9)10)57(79)70(23)49(38(13)14)59(81)66(19)42(27-25-2)51(73)62-41/h33-46,48-49H,24-32H2,1-23H3,(H,60,74)(H,61,72)(H,62,73)(H,63,75)/t39-,40+,41-,42+,43-,44+,45-,46-,48-,49-/m0/s1. The molecule has 1 aliphatic heterocycles. The van der Waals surface area contributed by atoms with Gasteiger partial charge in [0.25, 0.3) is 0 Å². The molecule has 22 nitrogen and oxygen atoms in total. The Bertz CT molecular complexity index is 2170. The third-order valence-corrected chi connectivity index (χ3v) is 15.2. The van der Waals surface area contributed by atoms with E-state index in [1.54, 1.807) is 27.7 Å². The maximum Gasteiger partial charge on any atom is 0.246 e. The predicted molar refractivity (Wildman–Crippen MR) is 313 cm³/mol. The molecule has 0 aromatic heterocycles. The molecule has 1 aliphatic rings. The van der Waals surface area contributed by atoms with Crippen LogP contribution in [0.1, 0.15) is 162 Å². The molecule has 4 N–H and O–H groups in total. The van der Waals surface area contributed by atoms with Crippen molar-refractivity contribution in [1.82, 2.24) is 55.6 Å². The molecule has 0 saturated carbocycles. The number of carbonyl (C=O) groups is 11. The summed E-state index contributed by atoms with van der Waals surface area (Å²) >= 11 is 0. The Morgan fingerprint density at radius 1 is 0.383 bits per heavy atom. The van der Waals surface area contributed by atoms with E-state index < -0.39 is 144 Å². The van der Waals surface area contributed by atoms with Gasteiger partial charge in [0.2, 0.25) is 65.0 Å². The van der Waals surface area contributed by atoms with Crippen LogP contribution in [0.15, 0.2) is 0 Å².